The molecule has 0 aromatic heterocycles. The van der Waals surface area contributed by atoms with Gasteiger partial charge in [-0.25, -0.2) is 0 Å². The summed E-state index contributed by atoms with van der Waals surface area (Å²) in [6, 6.07) is 4.15. The van der Waals surface area contributed by atoms with Crippen molar-refractivity contribution in [1.82, 2.24) is 0 Å². The molecule has 1 aromatic rings. The molecule has 0 aliphatic carbocycles. The molecule has 72 valence electrons. The van der Waals surface area contributed by atoms with Crippen molar-refractivity contribution in [3.63, 3.8) is 0 Å². The molecule has 0 saturated heterocycles. The van der Waals surface area contributed by atoms with Gasteiger partial charge in [0.05, 0.1) is 17.4 Å². The maximum absolute atomic E-state index is 13.3. The molecule has 0 atom stereocenters. The Balaban J connectivity index is 3.33. The van der Waals surface area contributed by atoms with Crippen LogP contribution in [-0.4, -0.2) is 4.92 Å². The molecule has 1 aromatic carbocycles. The summed E-state index contributed by atoms with van der Waals surface area (Å²) in [4.78, 5) is 9.57. The second-order valence-electron chi connectivity index (χ2n) is 2.49. The lowest BCUT2D eigenvalue weighted by molar-refractivity contribution is -0.387. The largest absolute Gasteiger partial charge is 0.306 e. The van der Waals surface area contributed by atoms with E-state index in [0.29, 0.717) is 4.47 Å². The molecule has 0 saturated carbocycles. The highest BCUT2D eigenvalue weighted by Gasteiger charge is 2.18. The van der Waals surface area contributed by atoms with Crippen LogP contribution < -0.4 is 0 Å². The number of rotatable bonds is 2. The minimum absolute atomic E-state index is 0.0218. The Bertz CT molecular complexity index is 428. The van der Waals surface area contributed by atoms with Gasteiger partial charge in [0.2, 0.25) is 5.82 Å². The zero-order chi connectivity index (χ0) is 10.7. The summed E-state index contributed by atoms with van der Waals surface area (Å²) in [5, 5.41) is 18.8. The average molecular weight is 259 g/mol. The van der Waals surface area contributed by atoms with Gasteiger partial charge in [0, 0.05) is 16.1 Å². The summed E-state index contributed by atoms with van der Waals surface area (Å²) in [5.41, 5.74) is -0.599. The SMILES string of the molecule is N#CCc1cc(Br)cc([N+](=O)[O-])c1F. The molecule has 0 bridgehead atoms. The minimum atomic E-state index is -0.945. The third kappa shape index (κ3) is 2.06. The lowest BCUT2D eigenvalue weighted by Gasteiger charge is -2.00. The summed E-state index contributed by atoms with van der Waals surface area (Å²) >= 11 is 3.00. The fourth-order valence-electron chi connectivity index (χ4n) is 0.977. The van der Waals surface area contributed by atoms with Crippen LogP contribution in [0.1, 0.15) is 5.56 Å². The fraction of sp³-hybridized carbons (Fsp3) is 0.125. The van der Waals surface area contributed by atoms with Crippen molar-refractivity contribution >= 4 is 21.6 Å². The number of nitro benzene ring substituents is 1. The van der Waals surface area contributed by atoms with E-state index >= 15 is 0 Å². The van der Waals surface area contributed by atoms with Crippen molar-refractivity contribution in [2.45, 2.75) is 6.42 Å². The summed E-state index contributed by atoms with van der Waals surface area (Å²) in [6.07, 6.45) is -0.188. The number of benzene rings is 1. The minimum Gasteiger partial charge on any atom is -0.258 e. The second-order valence-corrected chi connectivity index (χ2v) is 3.41. The predicted octanol–water partition coefficient (Wildman–Crippen LogP) is 2.56. The van der Waals surface area contributed by atoms with Gasteiger partial charge in [-0.3, -0.25) is 10.1 Å². The van der Waals surface area contributed by atoms with E-state index < -0.39 is 16.4 Å². The average Bonchev–Trinajstić information content (AvgIpc) is 2.10. The van der Waals surface area contributed by atoms with Gasteiger partial charge < -0.3 is 0 Å². The van der Waals surface area contributed by atoms with Crippen molar-refractivity contribution in [2.24, 2.45) is 0 Å². The van der Waals surface area contributed by atoms with Gasteiger partial charge in [0.25, 0.3) is 0 Å². The van der Waals surface area contributed by atoms with Crippen molar-refractivity contribution in [2.75, 3.05) is 0 Å². The molecule has 0 amide bonds. The van der Waals surface area contributed by atoms with Crippen LogP contribution in [0.25, 0.3) is 0 Å². The first-order valence-electron chi connectivity index (χ1n) is 3.55. The normalized spacial score (nSPS) is 9.50. The molecule has 1 rings (SSSR count). The number of halogens is 2. The lowest BCUT2D eigenvalue weighted by Crippen LogP contribution is -1.97. The standard InChI is InChI=1S/C8H4BrFN2O2/c9-6-3-5(1-2-11)8(10)7(4-6)12(13)14/h3-4H,1H2. The molecule has 0 spiro atoms. The smallest absolute Gasteiger partial charge is 0.258 e. The Morgan fingerprint density at radius 1 is 1.64 bits per heavy atom. The molecule has 0 radical (unpaired) electrons. The monoisotopic (exact) mass is 258 g/mol. The molecule has 14 heavy (non-hydrogen) atoms. The quantitative estimate of drug-likeness (QED) is 0.605. The molecule has 0 unspecified atom stereocenters. The van der Waals surface area contributed by atoms with E-state index in [0.717, 1.165) is 6.07 Å². The Morgan fingerprint density at radius 3 is 2.79 bits per heavy atom. The Kier molecular flexibility index (Phi) is 3.14. The summed E-state index contributed by atoms with van der Waals surface area (Å²) in [6.45, 7) is 0. The first-order valence-corrected chi connectivity index (χ1v) is 4.35. The van der Waals surface area contributed by atoms with Crippen LogP contribution in [0.15, 0.2) is 16.6 Å². The van der Waals surface area contributed by atoms with E-state index in [9.17, 15) is 14.5 Å². The van der Waals surface area contributed by atoms with Crippen LogP contribution in [0.3, 0.4) is 0 Å². The zero-order valence-electron chi connectivity index (χ0n) is 6.83. The van der Waals surface area contributed by atoms with Gasteiger partial charge in [0.15, 0.2) is 0 Å². The van der Waals surface area contributed by atoms with Crippen molar-refractivity contribution in [1.29, 1.82) is 5.26 Å². The highest BCUT2D eigenvalue weighted by atomic mass is 79.9. The molecule has 0 N–H and O–H groups in total. The fourth-order valence-corrected chi connectivity index (χ4v) is 1.47. The van der Waals surface area contributed by atoms with Crippen LogP contribution in [0.4, 0.5) is 10.1 Å². The number of nitriles is 1. The highest BCUT2D eigenvalue weighted by molar-refractivity contribution is 9.10. The van der Waals surface area contributed by atoms with Gasteiger partial charge in [-0.2, -0.15) is 9.65 Å². The molecule has 4 nitrogen and oxygen atoms in total. The second kappa shape index (κ2) is 4.15. The number of nitrogens with zero attached hydrogens (tertiary/aromatic N) is 2. The maximum Gasteiger partial charge on any atom is 0.306 e. The van der Waals surface area contributed by atoms with E-state index in [1.807, 2.05) is 0 Å². The van der Waals surface area contributed by atoms with Crippen LogP contribution in [0.5, 0.6) is 0 Å². The van der Waals surface area contributed by atoms with E-state index in [4.69, 9.17) is 5.26 Å². The van der Waals surface area contributed by atoms with E-state index in [1.54, 1.807) is 6.07 Å². The third-order valence-electron chi connectivity index (χ3n) is 1.56. The lowest BCUT2D eigenvalue weighted by atomic mass is 10.1. The molecule has 6 heteroatoms. The van der Waals surface area contributed by atoms with E-state index in [-0.39, 0.29) is 12.0 Å². The van der Waals surface area contributed by atoms with E-state index in [2.05, 4.69) is 15.9 Å². The summed E-state index contributed by atoms with van der Waals surface area (Å²) in [7, 11) is 0. The van der Waals surface area contributed by atoms with Gasteiger partial charge in [-0.05, 0) is 6.07 Å². The van der Waals surface area contributed by atoms with Crippen LogP contribution >= 0.6 is 15.9 Å². The Morgan fingerprint density at radius 2 is 2.29 bits per heavy atom. The molecule has 0 heterocycles. The zero-order valence-corrected chi connectivity index (χ0v) is 8.41. The maximum atomic E-state index is 13.3. The van der Waals surface area contributed by atoms with Crippen molar-refractivity contribution in [3.05, 3.63) is 38.1 Å². The van der Waals surface area contributed by atoms with E-state index in [1.165, 1.54) is 6.07 Å². The summed E-state index contributed by atoms with van der Waals surface area (Å²) < 4.78 is 13.7. The predicted molar refractivity (Wildman–Crippen MR) is 50.1 cm³/mol. The molecular weight excluding hydrogens is 255 g/mol. The number of hydrogen-bond acceptors (Lipinski definition) is 3. The van der Waals surface area contributed by atoms with Crippen molar-refractivity contribution in [3.8, 4) is 6.07 Å². The first-order chi connectivity index (χ1) is 6.56. The van der Waals surface area contributed by atoms with Gasteiger partial charge in [-0.1, -0.05) is 15.9 Å². The van der Waals surface area contributed by atoms with Crippen LogP contribution in [-0.2, 0) is 6.42 Å². The van der Waals surface area contributed by atoms with Crippen LogP contribution in [0.2, 0.25) is 0 Å². The highest BCUT2D eigenvalue weighted by Crippen LogP contribution is 2.26. The topological polar surface area (TPSA) is 66.9 Å². The summed E-state index contributed by atoms with van der Waals surface area (Å²) in [5.74, 6) is -0.945. The molecule has 0 aliphatic heterocycles. The Hall–Kier alpha value is -1.48. The van der Waals surface area contributed by atoms with Crippen LogP contribution in [0, 0.1) is 27.3 Å². The molecular formula is C8H4BrFN2O2. The number of nitro groups is 1. The molecule has 0 aliphatic rings. The van der Waals surface area contributed by atoms with Gasteiger partial charge in [0.1, 0.15) is 0 Å². The first kappa shape index (κ1) is 10.6. The molecule has 0 fully saturated rings. The van der Waals surface area contributed by atoms with Gasteiger partial charge in [-0.15, -0.1) is 0 Å². The van der Waals surface area contributed by atoms with Crippen molar-refractivity contribution < 1.29 is 9.31 Å². The Labute approximate surface area is 87.2 Å². The third-order valence-corrected chi connectivity index (χ3v) is 2.02. The number of hydrogen-bond donors (Lipinski definition) is 0. The van der Waals surface area contributed by atoms with Gasteiger partial charge >= 0.3 is 5.69 Å².